The van der Waals surface area contributed by atoms with Crippen molar-refractivity contribution in [3.05, 3.63) is 47.3 Å². The lowest BCUT2D eigenvalue weighted by molar-refractivity contribution is 0.0977. The van der Waals surface area contributed by atoms with E-state index in [0.29, 0.717) is 12.0 Å². The van der Waals surface area contributed by atoms with Crippen molar-refractivity contribution in [1.29, 1.82) is 0 Å². The fraction of sp³-hybridized carbons (Fsp3) is 0.357. The van der Waals surface area contributed by atoms with Crippen LogP contribution in [0.2, 0.25) is 0 Å². The molecule has 1 aromatic heterocycles. The van der Waals surface area contributed by atoms with Crippen molar-refractivity contribution in [2.75, 3.05) is 0 Å². The number of hydrogen-bond acceptors (Lipinski definition) is 3. The number of carbonyl (C=O) groups is 1. The van der Waals surface area contributed by atoms with E-state index in [1.807, 2.05) is 6.07 Å². The number of aryl methyl sites for hydroxylation is 1. The van der Waals surface area contributed by atoms with Crippen molar-refractivity contribution in [2.24, 2.45) is 0 Å². The fourth-order valence-electron chi connectivity index (χ4n) is 2.47. The summed E-state index contributed by atoms with van der Waals surface area (Å²) in [5, 5.41) is 4.25. The maximum atomic E-state index is 13.8. The van der Waals surface area contributed by atoms with Crippen molar-refractivity contribution >= 4 is 5.78 Å². The van der Waals surface area contributed by atoms with Crippen molar-refractivity contribution in [3.8, 4) is 0 Å². The smallest absolute Gasteiger partial charge is 0.217 e. The van der Waals surface area contributed by atoms with E-state index in [2.05, 4.69) is 10.1 Å². The van der Waals surface area contributed by atoms with E-state index in [0.717, 1.165) is 18.7 Å². The zero-order chi connectivity index (χ0) is 13.4. The number of fused-ring (bicyclic) bond motifs is 1. The summed E-state index contributed by atoms with van der Waals surface area (Å²) in [7, 11) is 0. The van der Waals surface area contributed by atoms with E-state index in [1.165, 1.54) is 6.07 Å². The van der Waals surface area contributed by atoms with Crippen LogP contribution in [0.25, 0.3) is 0 Å². The highest BCUT2D eigenvalue weighted by Gasteiger charge is 2.29. The highest BCUT2D eigenvalue weighted by Crippen LogP contribution is 2.31. The van der Waals surface area contributed by atoms with Crippen LogP contribution >= 0.6 is 0 Å². The zero-order valence-corrected chi connectivity index (χ0v) is 10.6. The molecular weight excluding hydrogens is 245 g/mol. The van der Waals surface area contributed by atoms with E-state index in [1.54, 1.807) is 23.7 Å². The van der Waals surface area contributed by atoms with Gasteiger partial charge in [-0.05, 0) is 12.5 Å². The first-order chi connectivity index (χ1) is 9.20. The maximum absolute atomic E-state index is 13.8. The molecule has 5 heteroatoms. The number of aromatic nitrogens is 3. The molecule has 1 aliphatic rings. The van der Waals surface area contributed by atoms with Crippen LogP contribution in [-0.2, 0) is 6.42 Å². The summed E-state index contributed by atoms with van der Waals surface area (Å²) in [4.78, 5) is 15.9. The van der Waals surface area contributed by atoms with Gasteiger partial charge < -0.3 is 0 Å². The molecule has 0 radical (unpaired) electrons. The van der Waals surface area contributed by atoms with Gasteiger partial charge in [0, 0.05) is 18.4 Å². The molecule has 0 saturated carbocycles. The van der Waals surface area contributed by atoms with Gasteiger partial charge in [-0.25, -0.2) is 14.1 Å². The monoisotopic (exact) mass is 259 g/mol. The Kier molecular flexibility index (Phi) is 2.89. The molecule has 19 heavy (non-hydrogen) atoms. The first-order valence-electron chi connectivity index (χ1n) is 6.43. The minimum Gasteiger partial charge on any atom is -0.291 e. The third-order valence-electron chi connectivity index (χ3n) is 3.47. The maximum Gasteiger partial charge on any atom is 0.217 e. The minimum absolute atomic E-state index is 0.0748. The third kappa shape index (κ3) is 1.95. The van der Waals surface area contributed by atoms with Gasteiger partial charge in [-0.1, -0.05) is 25.1 Å². The van der Waals surface area contributed by atoms with Gasteiger partial charge in [0.1, 0.15) is 11.6 Å². The second kappa shape index (κ2) is 4.57. The lowest BCUT2D eigenvalue weighted by atomic mass is 10.0. The average molecular weight is 259 g/mol. The van der Waals surface area contributed by atoms with Gasteiger partial charge in [0.25, 0.3) is 0 Å². The molecule has 98 valence electrons. The van der Waals surface area contributed by atoms with Gasteiger partial charge in [0.2, 0.25) is 11.6 Å². The number of hydrogen-bond donors (Lipinski definition) is 0. The van der Waals surface area contributed by atoms with Crippen molar-refractivity contribution in [2.45, 2.75) is 32.2 Å². The number of halogens is 1. The van der Waals surface area contributed by atoms with Gasteiger partial charge in [0.05, 0.1) is 6.04 Å². The average Bonchev–Trinajstić information content (AvgIpc) is 2.98. The number of nitrogens with zero attached hydrogens (tertiary/aromatic N) is 3. The molecule has 0 saturated heterocycles. The van der Waals surface area contributed by atoms with Gasteiger partial charge in [0.15, 0.2) is 0 Å². The van der Waals surface area contributed by atoms with E-state index >= 15 is 0 Å². The Bertz CT molecular complexity index is 635. The van der Waals surface area contributed by atoms with E-state index in [9.17, 15) is 9.18 Å². The first-order valence-corrected chi connectivity index (χ1v) is 6.43. The normalized spacial score (nSPS) is 17.5. The van der Waals surface area contributed by atoms with E-state index < -0.39 is 0 Å². The Balaban J connectivity index is 2.00. The molecule has 2 aromatic rings. The molecule has 1 aromatic carbocycles. The van der Waals surface area contributed by atoms with Gasteiger partial charge in [-0.15, -0.1) is 5.10 Å². The van der Waals surface area contributed by atoms with Gasteiger partial charge in [-0.3, -0.25) is 4.79 Å². The van der Waals surface area contributed by atoms with E-state index in [-0.39, 0.29) is 23.5 Å². The number of benzene rings is 1. The molecule has 1 atom stereocenters. The lowest BCUT2D eigenvalue weighted by Crippen LogP contribution is -2.10. The summed E-state index contributed by atoms with van der Waals surface area (Å²) in [6, 6.07) is 6.54. The van der Waals surface area contributed by atoms with E-state index in [4.69, 9.17) is 0 Å². The lowest BCUT2D eigenvalue weighted by Gasteiger charge is -2.12. The summed E-state index contributed by atoms with van der Waals surface area (Å²) < 4.78 is 15.5. The Labute approximate surface area is 110 Å². The predicted octanol–water partition coefficient (Wildman–Crippen LogP) is 2.55. The summed E-state index contributed by atoms with van der Waals surface area (Å²) in [5.74, 6) is 0.706. The van der Waals surface area contributed by atoms with Crippen LogP contribution in [0.1, 0.15) is 47.8 Å². The van der Waals surface area contributed by atoms with Crippen LogP contribution in [0.3, 0.4) is 0 Å². The molecule has 3 rings (SSSR count). The topological polar surface area (TPSA) is 47.8 Å². The molecule has 0 bridgehead atoms. The SMILES string of the molecule is CCC(=O)c1nc2n(n1)[C@H](c1ccccc1F)CC2. The van der Waals surface area contributed by atoms with Crippen LogP contribution in [-0.4, -0.2) is 20.5 Å². The number of Topliss-reactive ketones (excluding diaryl/α,β-unsaturated/α-hetero) is 1. The quantitative estimate of drug-likeness (QED) is 0.796. The third-order valence-corrected chi connectivity index (χ3v) is 3.47. The molecule has 0 N–H and O–H groups in total. The van der Waals surface area contributed by atoms with Crippen LogP contribution in [0.4, 0.5) is 4.39 Å². The van der Waals surface area contributed by atoms with Crippen LogP contribution in [0.5, 0.6) is 0 Å². The second-order valence-corrected chi connectivity index (χ2v) is 4.65. The second-order valence-electron chi connectivity index (χ2n) is 4.65. The zero-order valence-electron chi connectivity index (χ0n) is 10.6. The molecule has 0 unspecified atom stereocenters. The number of carbonyl (C=O) groups excluding carboxylic acids is 1. The molecule has 0 amide bonds. The van der Waals surface area contributed by atoms with Crippen molar-refractivity contribution < 1.29 is 9.18 Å². The Hall–Kier alpha value is -2.04. The van der Waals surface area contributed by atoms with Crippen molar-refractivity contribution in [1.82, 2.24) is 14.8 Å². The van der Waals surface area contributed by atoms with Crippen LogP contribution in [0, 0.1) is 5.82 Å². The Morgan fingerprint density at radius 2 is 2.26 bits per heavy atom. The summed E-state index contributed by atoms with van der Waals surface area (Å²) in [6.45, 7) is 1.78. The molecule has 0 fully saturated rings. The standard InChI is InChI=1S/C14H14FN3O/c1-2-12(19)14-16-13-8-7-11(18(13)17-14)9-5-3-4-6-10(9)15/h3-6,11H,2,7-8H2,1H3/t11-/m0/s1. The highest BCUT2D eigenvalue weighted by molar-refractivity contribution is 5.92. The molecule has 2 heterocycles. The summed E-state index contributed by atoms with van der Waals surface area (Å²) >= 11 is 0. The molecule has 0 spiro atoms. The van der Waals surface area contributed by atoms with Crippen LogP contribution < -0.4 is 0 Å². The summed E-state index contributed by atoms with van der Waals surface area (Å²) in [6.07, 6.45) is 1.88. The fourth-order valence-corrected chi connectivity index (χ4v) is 2.47. The number of rotatable bonds is 3. The Morgan fingerprint density at radius 1 is 1.47 bits per heavy atom. The molecule has 4 nitrogen and oxygen atoms in total. The predicted molar refractivity (Wildman–Crippen MR) is 67.5 cm³/mol. The largest absolute Gasteiger partial charge is 0.291 e. The first kappa shape index (κ1) is 12.0. The van der Waals surface area contributed by atoms with Gasteiger partial charge >= 0.3 is 0 Å². The summed E-state index contributed by atoms with van der Waals surface area (Å²) in [5.41, 5.74) is 0.613. The highest BCUT2D eigenvalue weighted by atomic mass is 19.1. The Morgan fingerprint density at radius 3 is 3.00 bits per heavy atom. The number of ketones is 1. The molecule has 1 aliphatic heterocycles. The van der Waals surface area contributed by atoms with Crippen LogP contribution in [0.15, 0.2) is 24.3 Å². The molecule has 0 aliphatic carbocycles. The minimum atomic E-state index is -0.237. The molecular formula is C14H14FN3O. The van der Waals surface area contributed by atoms with Gasteiger partial charge in [-0.2, -0.15) is 0 Å². The van der Waals surface area contributed by atoms with Crippen molar-refractivity contribution in [3.63, 3.8) is 0 Å².